The van der Waals surface area contributed by atoms with Crippen LogP contribution in [0.2, 0.25) is 5.15 Å². The Hall–Kier alpha value is -1.06. The summed E-state index contributed by atoms with van der Waals surface area (Å²) in [6, 6.07) is 11.1. The number of pyridine rings is 1. The molecule has 4 heteroatoms. The minimum absolute atomic E-state index is 0.480. The summed E-state index contributed by atoms with van der Waals surface area (Å²) in [6.07, 6.45) is 4.01. The summed E-state index contributed by atoms with van der Waals surface area (Å²) in [4.78, 5) is 4.14. The van der Waals surface area contributed by atoms with Crippen LogP contribution in [0.25, 0.3) is 0 Å². The summed E-state index contributed by atoms with van der Waals surface area (Å²) in [6.45, 7) is 2.19. The van der Waals surface area contributed by atoms with E-state index in [9.17, 15) is 0 Å². The summed E-state index contributed by atoms with van der Waals surface area (Å²) >= 11 is 9.53. The third-order valence-corrected chi connectivity index (χ3v) is 4.67. The van der Waals surface area contributed by atoms with Gasteiger partial charge < -0.3 is 5.32 Å². The first-order valence-electron chi connectivity index (χ1n) is 6.76. The highest BCUT2D eigenvalue weighted by molar-refractivity contribution is 9.10. The summed E-state index contributed by atoms with van der Waals surface area (Å²) in [5.74, 6) is 0.660. The van der Waals surface area contributed by atoms with Gasteiger partial charge >= 0.3 is 0 Å². The fourth-order valence-electron chi connectivity index (χ4n) is 2.78. The van der Waals surface area contributed by atoms with Crippen molar-refractivity contribution in [2.45, 2.75) is 31.7 Å². The number of nitrogens with zero attached hydrogens (tertiary/aromatic N) is 1. The molecular weight excluding hydrogens is 336 g/mol. The van der Waals surface area contributed by atoms with Gasteiger partial charge in [0.05, 0.1) is 5.69 Å². The zero-order chi connectivity index (χ0) is 14.1. The molecule has 0 amide bonds. The second-order valence-corrected chi connectivity index (χ2v) is 6.63. The molecule has 1 N–H and O–H groups in total. The number of nitrogens with one attached hydrogen (secondary N) is 1. The zero-order valence-electron chi connectivity index (χ0n) is 11.2. The van der Waals surface area contributed by atoms with E-state index >= 15 is 0 Å². The highest BCUT2D eigenvalue weighted by Gasteiger charge is 2.31. The van der Waals surface area contributed by atoms with Gasteiger partial charge in [0.15, 0.2) is 5.15 Å². The van der Waals surface area contributed by atoms with Crippen LogP contribution in [0.5, 0.6) is 0 Å². The molecule has 1 aliphatic carbocycles. The molecule has 1 saturated carbocycles. The van der Waals surface area contributed by atoms with E-state index in [0.29, 0.717) is 17.1 Å². The van der Waals surface area contributed by atoms with Gasteiger partial charge in [-0.3, -0.25) is 0 Å². The number of anilines is 1. The Morgan fingerprint density at radius 3 is 2.80 bits per heavy atom. The van der Waals surface area contributed by atoms with Gasteiger partial charge in [-0.25, -0.2) is 4.98 Å². The molecule has 1 heterocycles. The number of halogens is 2. The fraction of sp³-hybridized carbons (Fsp3) is 0.312. The second-order valence-electron chi connectivity index (χ2n) is 5.36. The molecule has 0 aliphatic heterocycles. The van der Waals surface area contributed by atoms with E-state index in [1.54, 1.807) is 6.20 Å². The normalized spacial score (nSPS) is 21.4. The van der Waals surface area contributed by atoms with E-state index in [-0.39, 0.29) is 0 Å². The Morgan fingerprint density at radius 2 is 2.05 bits per heavy atom. The Bertz CT molecular complexity index is 624. The van der Waals surface area contributed by atoms with Crippen molar-refractivity contribution in [3.8, 4) is 0 Å². The molecule has 1 aliphatic rings. The standard InChI is InChI=1S/C16H16BrClN2/c1-10-4-2-3-5-14(10)11-6-13(7-11)20-15-8-12(17)9-19-16(15)18/h2-5,8-9,11,13,20H,6-7H2,1H3. The van der Waals surface area contributed by atoms with Gasteiger partial charge in [-0.2, -0.15) is 0 Å². The van der Waals surface area contributed by atoms with Crippen molar-refractivity contribution in [3.05, 3.63) is 57.3 Å². The Labute approximate surface area is 132 Å². The van der Waals surface area contributed by atoms with Crippen molar-refractivity contribution in [1.29, 1.82) is 0 Å². The van der Waals surface area contributed by atoms with Gasteiger partial charge in [-0.1, -0.05) is 35.9 Å². The number of rotatable bonds is 3. The molecule has 0 saturated heterocycles. The lowest BCUT2D eigenvalue weighted by molar-refractivity contribution is 0.373. The summed E-state index contributed by atoms with van der Waals surface area (Å²) < 4.78 is 0.944. The van der Waals surface area contributed by atoms with Gasteiger partial charge in [-0.05, 0) is 58.8 Å². The van der Waals surface area contributed by atoms with E-state index in [0.717, 1.165) is 23.0 Å². The third-order valence-electron chi connectivity index (χ3n) is 3.93. The number of hydrogen-bond acceptors (Lipinski definition) is 2. The maximum Gasteiger partial charge on any atom is 0.152 e. The van der Waals surface area contributed by atoms with E-state index < -0.39 is 0 Å². The first-order chi connectivity index (χ1) is 9.63. The summed E-state index contributed by atoms with van der Waals surface area (Å²) in [5, 5.41) is 4.02. The van der Waals surface area contributed by atoms with Crippen molar-refractivity contribution in [2.24, 2.45) is 0 Å². The maximum absolute atomic E-state index is 6.11. The minimum Gasteiger partial charge on any atom is -0.380 e. The van der Waals surface area contributed by atoms with E-state index in [2.05, 4.69) is 57.4 Å². The topological polar surface area (TPSA) is 24.9 Å². The summed E-state index contributed by atoms with van der Waals surface area (Å²) in [7, 11) is 0. The Morgan fingerprint density at radius 1 is 1.30 bits per heavy atom. The molecule has 0 unspecified atom stereocenters. The quantitative estimate of drug-likeness (QED) is 0.772. The molecule has 2 aromatic rings. The lowest BCUT2D eigenvalue weighted by Gasteiger charge is -2.37. The fourth-order valence-corrected chi connectivity index (χ4v) is 3.27. The lowest BCUT2D eigenvalue weighted by atomic mass is 9.74. The predicted octanol–water partition coefficient (Wildman–Crippen LogP) is 5.16. The molecule has 2 nitrogen and oxygen atoms in total. The zero-order valence-corrected chi connectivity index (χ0v) is 13.6. The molecule has 0 atom stereocenters. The SMILES string of the molecule is Cc1ccccc1C1CC(Nc2cc(Br)cnc2Cl)C1. The highest BCUT2D eigenvalue weighted by Crippen LogP contribution is 2.40. The van der Waals surface area contributed by atoms with Crippen molar-refractivity contribution in [3.63, 3.8) is 0 Å². The van der Waals surface area contributed by atoms with Gasteiger partial charge in [0.1, 0.15) is 0 Å². The molecular formula is C16H16BrClN2. The molecule has 1 aromatic carbocycles. The average molecular weight is 352 g/mol. The van der Waals surface area contributed by atoms with Crippen molar-refractivity contribution < 1.29 is 0 Å². The number of hydrogen-bond donors (Lipinski definition) is 1. The van der Waals surface area contributed by atoms with Crippen molar-refractivity contribution in [2.75, 3.05) is 5.32 Å². The minimum atomic E-state index is 0.480. The van der Waals surface area contributed by atoms with Crippen LogP contribution in [-0.4, -0.2) is 11.0 Å². The predicted molar refractivity (Wildman–Crippen MR) is 87.5 cm³/mol. The first-order valence-corrected chi connectivity index (χ1v) is 7.93. The largest absolute Gasteiger partial charge is 0.380 e. The first kappa shape index (κ1) is 13.9. The van der Waals surface area contributed by atoms with E-state index in [1.165, 1.54) is 11.1 Å². The smallest absolute Gasteiger partial charge is 0.152 e. The van der Waals surface area contributed by atoms with E-state index in [4.69, 9.17) is 11.6 Å². The van der Waals surface area contributed by atoms with Crippen molar-refractivity contribution in [1.82, 2.24) is 4.98 Å². The maximum atomic E-state index is 6.11. The molecule has 0 radical (unpaired) electrons. The molecule has 104 valence electrons. The van der Waals surface area contributed by atoms with Gasteiger partial charge in [0, 0.05) is 16.7 Å². The highest BCUT2D eigenvalue weighted by atomic mass is 79.9. The van der Waals surface area contributed by atoms with Crippen LogP contribution in [0.15, 0.2) is 41.0 Å². The van der Waals surface area contributed by atoms with Crippen LogP contribution in [0.3, 0.4) is 0 Å². The number of benzene rings is 1. The van der Waals surface area contributed by atoms with Crippen LogP contribution >= 0.6 is 27.5 Å². The monoisotopic (exact) mass is 350 g/mol. The number of aromatic nitrogens is 1. The average Bonchev–Trinajstić information content (AvgIpc) is 2.38. The molecule has 1 aromatic heterocycles. The van der Waals surface area contributed by atoms with Gasteiger partial charge in [-0.15, -0.1) is 0 Å². The van der Waals surface area contributed by atoms with Crippen LogP contribution < -0.4 is 5.32 Å². The molecule has 3 rings (SSSR count). The number of aryl methyl sites for hydroxylation is 1. The van der Waals surface area contributed by atoms with Crippen LogP contribution in [0.1, 0.15) is 29.9 Å². The Kier molecular flexibility index (Phi) is 3.99. The van der Waals surface area contributed by atoms with Gasteiger partial charge in [0.25, 0.3) is 0 Å². The van der Waals surface area contributed by atoms with Crippen LogP contribution in [-0.2, 0) is 0 Å². The lowest BCUT2D eigenvalue weighted by Crippen LogP contribution is -2.34. The van der Waals surface area contributed by atoms with Crippen molar-refractivity contribution >= 4 is 33.2 Å². The summed E-state index contributed by atoms with van der Waals surface area (Å²) in [5.41, 5.74) is 3.77. The van der Waals surface area contributed by atoms with E-state index in [1.807, 2.05) is 6.07 Å². The van der Waals surface area contributed by atoms with Gasteiger partial charge in [0.2, 0.25) is 0 Å². The molecule has 20 heavy (non-hydrogen) atoms. The molecule has 0 bridgehead atoms. The molecule has 0 spiro atoms. The third kappa shape index (κ3) is 2.84. The molecule has 1 fully saturated rings. The Balaban J connectivity index is 1.64. The van der Waals surface area contributed by atoms with Crippen LogP contribution in [0.4, 0.5) is 5.69 Å². The second kappa shape index (κ2) is 5.74. The van der Waals surface area contributed by atoms with Crippen LogP contribution in [0, 0.1) is 6.92 Å².